The highest BCUT2D eigenvalue weighted by molar-refractivity contribution is 8.01. The number of rotatable bonds is 4. The quantitative estimate of drug-likeness (QED) is 0.897. The minimum atomic E-state index is -3.17. The van der Waals surface area contributed by atoms with Crippen LogP contribution >= 0.6 is 23.4 Å². The van der Waals surface area contributed by atoms with Gasteiger partial charge >= 0.3 is 0 Å². The third-order valence-corrected chi connectivity index (χ3v) is 6.03. The first kappa shape index (κ1) is 15.9. The van der Waals surface area contributed by atoms with E-state index in [1.807, 2.05) is 13.1 Å². The maximum absolute atomic E-state index is 11.9. The van der Waals surface area contributed by atoms with Crippen LogP contribution in [0.2, 0.25) is 5.02 Å². The number of hydrogen-bond donors (Lipinski definition) is 1. The topological polar surface area (TPSA) is 62.3 Å². The molecule has 1 unspecified atom stereocenters. The van der Waals surface area contributed by atoms with Gasteiger partial charge in [-0.1, -0.05) is 11.6 Å². The molecule has 0 radical (unpaired) electrons. The van der Waals surface area contributed by atoms with E-state index in [4.69, 9.17) is 11.6 Å². The van der Waals surface area contributed by atoms with Gasteiger partial charge in [-0.25, -0.2) is 13.4 Å². The van der Waals surface area contributed by atoms with E-state index in [1.165, 1.54) is 6.26 Å². The number of thioether (sulfide) groups is 1. The van der Waals surface area contributed by atoms with Crippen LogP contribution in [0.4, 0.5) is 5.82 Å². The second-order valence-corrected chi connectivity index (χ2v) is 8.49. The molecule has 112 valence electrons. The zero-order chi connectivity index (χ0) is 14.8. The number of nitrogens with one attached hydrogen (secondary N) is 1. The Morgan fingerprint density at radius 2 is 2.35 bits per heavy atom. The maximum Gasteiger partial charge on any atom is 0.169 e. The maximum atomic E-state index is 11.9. The summed E-state index contributed by atoms with van der Waals surface area (Å²) in [5, 5.41) is 2.98. The van der Waals surface area contributed by atoms with Crippen LogP contribution < -0.4 is 10.2 Å². The first-order valence-electron chi connectivity index (χ1n) is 6.25. The van der Waals surface area contributed by atoms with Gasteiger partial charge in [0.25, 0.3) is 0 Å². The number of aromatic nitrogens is 1. The Labute approximate surface area is 129 Å². The third-order valence-electron chi connectivity index (χ3n) is 3.11. The zero-order valence-electron chi connectivity index (χ0n) is 11.5. The molecule has 0 saturated carbocycles. The normalized spacial score (nSPS) is 20.1. The molecule has 1 atom stereocenters. The molecule has 1 saturated heterocycles. The van der Waals surface area contributed by atoms with Gasteiger partial charge in [-0.15, -0.1) is 0 Å². The standard InChI is InChI=1S/C12H18ClN3O2S2/c1-14-6-9-5-10(13)12(15-7-9)16-3-4-19-8-11(16)20(2,17)18/h5,7,11,14H,3-4,6,8H2,1-2H3. The Hall–Kier alpha value is -0.500. The number of halogens is 1. The van der Waals surface area contributed by atoms with Gasteiger partial charge in [0.05, 0.1) is 5.02 Å². The van der Waals surface area contributed by atoms with Crippen LogP contribution in [0, 0.1) is 0 Å². The molecule has 0 amide bonds. The van der Waals surface area contributed by atoms with Gasteiger partial charge in [0.2, 0.25) is 0 Å². The van der Waals surface area contributed by atoms with E-state index in [2.05, 4.69) is 10.3 Å². The van der Waals surface area contributed by atoms with Crippen LogP contribution in [-0.2, 0) is 16.4 Å². The van der Waals surface area contributed by atoms with Gasteiger partial charge < -0.3 is 10.2 Å². The lowest BCUT2D eigenvalue weighted by Crippen LogP contribution is -2.47. The fourth-order valence-electron chi connectivity index (χ4n) is 2.16. The fourth-order valence-corrected chi connectivity index (χ4v) is 5.28. The summed E-state index contributed by atoms with van der Waals surface area (Å²) in [5.41, 5.74) is 0.976. The average Bonchev–Trinajstić information content (AvgIpc) is 2.38. The molecule has 1 aliphatic rings. The lowest BCUT2D eigenvalue weighted by atomic mass is 10.2. The second-order valence-electron chi connectivity index (χ2n) is 4.73. The predicted octanol–water partition coefficient (Wildman–Crippen LogP) is 1.38. The van der Waals surface area contributed by atoms with Gasteiger partial charge in [0, 0.05) is 37.0 Å². The Morgan fingerprint density at radius 3 is 2.95 bits per heavy atom. The minimum absolute atomic E-state index is 0.498. The molecular weight excluding hydrogens is 318 g/mol. The molecular formula is C12H18ClN3O2S2. The largest absolute Gasteiger partial charge is 0.337 e. The monoisotopic (exact) mass is 335 g/mol. The SMILES string of the molecule is CNCc1cnc(N2CCSCC2S(C)(=O)=O)c(Cl)c1. The van der Waals surface area contributed by atoms with Crippen LogP contribution in [0.3, 0.4) is 0 Å². The molecule has 0 aliphatic carbocycles. The van der Waals surface area contributed by atoms with E-state index in [1.54, 1.807) is 22.9 Å². The van der Waals surface area contributed by atoms with Crippen LogP contribution in [0.15, 0.2) is 12.3 Å². The number of pyridine rings is 1. The van der Waals surface area contributed by atoms with E-state index in [0.717, 1.165) is 11.3 Å². The molecule has 2 rings (SSSR count). The smallest absolute Gasteiger partial charge is 0.169 e. The van der Waals surface area contributed by atoms with Crippen molar-refractivity contribution in [3.05, 3.63) is 22.8 Å². The molecule has 8 heteroatoms. The Kier molecular flexibility index (Phi) is 5.17. The molecule has 1 aromatic heterocycles. The predicted molar refractivity (Wildman–Crippen MR) is 85.3 cm³/mol. The highest BCUT2D eigenvalue weighted by Gasteiger charge is 2.32. The Bertz CT molecular complexity index is 580. The molecule has 1 N–H and O–H groups in total. The van der Waals surface area contributed by atoms with Crippen LogP contribution in [0.5, 0.6) is 0 Å². The van der Waals surface area contributed by atoms with E-state index >= 15 is 0 Å². The molecule has 20 heavy (non-hydrogen) atoms. The fraction of sp³-hybridized carbons (Fsp3) is 0.583. The molecule has 5 nitrogen and oxygen atoms in total. The van der Waals surface area contributed by atoms with Crippen molar-refractivity contribution in [2.24, 2.45) is 0 Å². The molecule has 0 bridgehead atoms. The first-order valence-corrected chi connectivity index (χ1v) is 9.74. The molecule has 1 fully saturated rings. The van der Waals surface area contributed by atoms with Gasteiger partial charge in [-0.05, 0) is 18.7 Å². The van der Waals surface area contributed by atoms with E-state index in [9.17, 15) is 8.42 Å². The lowest BCUT2D eigenvalue weighted by molar-refractivity contribution is 0.583. The average molecular weight is 336 g/mol. The highest BCUT2D eigenvalue weighted by atomic mass is 35.5. The van der Waals surface area contributed by atoms with Gasteiger partial charge in [-0.2, -0.15) is 11.8 Å². The Balaban J connectivity index is 2.33. The number of hydrogen-bond acceptors (Lipinski definition) is 6. The van der Waals surface area contributed by atoms with Crippen molar-refractivity contribution in [3.63, 3.8) is 0 Å². The molecule has 2 heterocycles. The Morgan fingerprint density at radius 1 is 1.60 bits per heavy atom. The molecule has 1 aromatic rings. The molecule has 1 aliphatic heterocycles. The van der Waals surface area contributed by atoms with Crippen molar-refractivity contribution < 1.29 is 8.42 Å². The lowest BCUT2D eigenvalue weighted by Gasteiger charge is -2.35. The van der Waals surface area contributed by atoms with E-state index in [-0.39, 0.29) is 0 Å². The summed E-state index contributed by atoms with van der Waals surface area (Å²) < 4.78 is 23.8. The highest BCUT2D eigenvalue weighted by Crippen LogP contribution is 2.30. The van der Waals surface area contributed by atoms with E-state index in [0.29, 0.717) is 29.7 Å². The van der Waals surface area contributed by atoms with Crippen molar-refractivity contribution in [1.29, 1.82) is 0 Å². The van der Waals surface area contributed by atoms with Gasteiger partial charge in [0.1, 0.15) is 11.2 Å². The van der Waals surface area contributed by atoms with Gasteiger partial charge in [-0.3, -0.25) is 0 Å². The van der Waals surface area contributed by atoms with Crippen molar-refractivity contribution >= 4 is 39.0 Å². The van der Waals surface area contributed by atoms with E-state index < -0.39 is 15.2 Å². The summed E-state index contributed by atoms with van der Waals surface area (Å²) in [6, 6.07) is 1.83. The van der Waals surface area contributed by atoms with Crippen molar-refractivity contribution in [3.8, 4) is 0 Å². The summed E-state index contributed by atoms with van der Waals surface area (Å²) in [4.78, 5) is 6.17. The summed E-state index contributed by atoms with van der Waals surface area (Å²) >= 11 is 7.92. The molecule has 0 aromatic carbocycles. The first-order chi connectivity index (χ1) is 9.43. The summed E-state index contributed by atoms with van der Waals surface area (Å²) in [6.07, 6.45) is 3.00. The third kappa shape index (κ3) is 3.58. The summed E-state index contributed by atoms with van der Waals surface area (Å²) in [6.45, 7) is 1.32. The van der Waals surface area contributed by atoms with Crippen LogP contribution in [0.25, 0.3) is 0 Å². The van der Waals surface area contributed by atoms with Crippen molar-refractivity contribution in [2.75, 3.05) is 36.3 Å². The zero-order valence-corrected chi connectivity index (χ0v) is 13.9. The van der Waals surface area contributed by atoms with Gasteiger partial charge in [0.15, 0.2) is 9.84 Å². The van der Waals surface area contributed by atoms with Crippen LogP contribution in [0.1, 0.15) is 5.56 Å². The van der Waals surface area contributed by atoms with Crippen LogP contribution in [-0.4, -0.2) is 50.1 Å². The van der Waals surface area contributed by atoms with Crippen molar-refractivity contribution in [2.45, 2.75) is 11.9 Å². The van der Waals surface area contributed by atoms with Crippen molar-refractivity contribution in [1.82, 2.24) is 10.3 Å². The second kappa shape index (κ2) is 6.51. The summed E-state index contributed by atoms with van der Waals surface area (Å²) in [5.74, 6) is 1.99. The summed E-state index contributed by atoms with van der Waals surface area (Å²) in [7, 11) is -1.32. The number of sulfone groups is 1. The number of anilines is 1. The molecule has 0 spiro atoms. The number of nitrogens with zero attached hydrogens (tertiary/aromatic N) is 2. The minimum Gasteiger partial charge on any atom is -0.337 e.